The lowest BCUT2D eigenvalue weighted by molar-refractivity contribution is 0.0741. The minimum absolute atomic E-state index is 0.203. The molecule has 3 rings (SSSR count). The highest BCUT2D eigenvalue weighted by molar-refractivity contribution is 5.94. The number of rotatable bonds is 8. The van der Waals surface area contributed by atoms with Gasteiger partial charge < -0.3 is 18.9 Å². The molecule has 0 atom stereocenters. The summed E-state index contributed by atoms with van der Waals surface area (Å²) in [6, 6.07) is 15.4. The van der Waals surface area contributed by atoms with Gasteiger partial charge in [0.05, 0.1) is 20.8 Å². The molecule has 5 nitrogen and oxygen atoms in total. The molecule has 0 spiro atoms. The lowest BCUT2D eigenvalue weighted by atomic mass is 10.1. The third-order valence-electron chi connectivity index (χ3n) is 4.88. The van der Waals surface area contributed by atoms with Crippen LogP contribution in [-0.4, -0.2) is 36.1 Å². The number of hydrogen-bond donors (Lipinski definition) is 0. The SMILES string of the molecule is COc1ccc(CCN(Cc2cccn2C)C(=O)c2cccc(F)c2)cc1OC. The number of hydrogen-bond acceptors (Lipinski definition) is 3. The normalized spacial score (nSPS) is 10.6. The van der Waals surface area contributed by atoms with Gasteiger partial charge in [-0.05, 0) is 54.4 Å². The predicted octanol–water partition coefficient (Wildman–Crippen LogP) is 4.07. The maximum absolute atomic E-state index is 13.6. The van der Waals surface area contributed by atoms with Crippen molar-refractivity contribution in [3.63, 3.8) is 0 Å². The van der Waals surface area contributed by atoms with Gasteiger partial charge in [0.25, 0.3) is 5.91 Å². The first kappa shape index (κ1) is 20.5. The Kier molecular flexibility index (Phi) is 6.54. The highest BCUT2D eigenvalue weighted by atomic mass is 19.1. The van der Waals surface area contributed by atoms with Gasteiger partial charge in [0, 0.05) is 31.0 Å². The smallest absolute Gasteiger partial charge is 0.254 e. The summed E-state index contributed by atoms with van der Waals surface area (Å²) in [6.45, 7) is 0.919. The van der Waals surface area contributed by atoms with Crippen molar-refractivity contribution in [2.75, 3.05) is 20.8 Å². The van der Waals surface area contributed by atoms with Crippen LogP contribution in [0.2, 0.25) is 0 Å². The van der Waals surface area contributed by atoms with E-state index in [1.54, 1.807) is 31.3 Å². The summed E-state index contributed by atoms with van der Waals surface area (Å²) in [7, 11) is 5.13. The zero-order valence-corrected chi connectivity index (χ0v) is 16.9. The largest absolute Gasteiger partial charge is 0.493 e. The topological polar surface area (TPSA) is 43.7 Å². The first-order valence-electron chi connectivity index (χ1n) is 9.37. The van der Waals surface area contributed by atoms with Crippen LogP contribution in [0.3, 0.4) is 0 Å². The second-order valence-corrected chi connectivity index (χ2v) is 6.79. The molecule has 0 aliphatic carbocycles. The Morgan fingerprint density at radius 1 is 1.03 bits per heavy atom. The van der Waals surface area contributed by atoms with E-state index in [0.29, 0.717) is 36.6 Å². The van der Waals surface area contributed by atoms with E-state index < -0.39 is 5.82 Å². The molecule has 1 aromatic heterocycles. The molecule has 0 aliphatic heterocycles. The third kappa shape index (κ3) is 4.96. The number of aryl methyl sites for hydroxylation is 1. The maximum Gasteiger partial charge on any atom is 0.254 e. The van der Waals surface area contributed by atoms with Crippen LogP contribution in [0.5, 0.6) is 11.5 Å². The van der Waals surface area contributed by atoms with Gasteiger partial charge in [0.2, 0.25) is 0 Å². The summed E-state index contributed by atoms with van der Waals surface area (Å²) in [6.07, 6.45) is 2.57. The molecular weight excluding hydrogens is 371 g/mol. The maximum atomic E-state index is 13.6. The molecule has 0 saturated carbocycles. The first-order valence-corrected chi connectivity index (χ1v) is 9.37. The number of aromatic nitrogens is 1. The van der Waals surface area contributed by atoms with Crippen LogP contribution in [0.4, 0.5) is 4.39 Å². The number of methoxy groups -OCH3 is 2. The molecule has 0 fully saturated rings. The van der Waals surface area contributed by atoms with Gasteiger partial charge in [-0.25, -0.2) is 4.39 Å². The number of nitrogens with zero attached hydrogens (tertiary/aromatic N) is 2. The van der Waals surface area contributed by atoms with E-state index in [4.69, 9.17) is 9.47 Å². The van der Waals surface area contributed by atoms with Crippen molar-refractivity contribution in [1.82, 2.24) is 9.47 Å². The molecule has 0 aliphatic rings. The van der Waals surface area contributed by atoms with E-state index in [2.05, 4.69) is 0 Å². The minimum Gasteiger partial charge on any atom is -0.493 e. The number of carbonyl (C=O) groups excluding carboxylic acids is 1. The summed E-state index contributed by atoms with van der Waals surface area (Å²) >= 11 is 0. The monoisotopic (exact) mass is 396 g/mol. The van der Waals surface area contributed by atoms with E-state index in [9.17, 15) is 9.18 Å². The van der Waals surface area contributed by atoms with E-state index in [1.165, 1.54) is 12.1 Å². The Labute approximate surface area is 170 Å². The second-order valence-electron chi connectivity index (χ2n) is 6.79. The quantitative estimate of drug-likeness (QED) is 0.577. The molecule has 0 saturated heterocycles. The zero-order valence-electron chi connectivity index (χ0n) is 16.9. The molecule has 0 N–H and O–H groups in total. The van der Waals surface area contributed by atoms with Crippen LogP contribution in [-0.2, 0) is 20.0 Å². The molecule has 152 valence electrons. The summed E-state index contributed by atoms with van der Waals surface area (Å²) in [5, 5.41) is 0. The van der Waals surface area contributed by atoms with Gasteiger partial charge >= 0.3 is 0 Å². The van der Waals surface area contributed by atoms with E-state index in [0.717, 1.165) is 11.3 Å². The molecule has 1 amide bonds. The number of amides is 1. The molecule has 1 heterocycles. The Hall–Kier alpha value is -3.28. The number of halogens is 1. The van der Waals surface area contributed by atoms with Gasteiger partial charge in [-0.15, -0.1) is 0 Å². The zero-order chi connectivity index (χ0) is 20.8. The van der Waals surface area contributed by atoms with Crippen molar-refractivity contribution >= 4 is 5.91 Å². The van der Waals surface area contributed by atoms with E-state index in [-0.39, 0.29) is 5.91 Å². The van der Waals surface area contributed by atoms with Gasteiger partial charge in [0.15, 0.2) is 11.5 Å². The second kappa shape index (κ2) is 9.28. The molecule has 3 aromatic rings. The average molecular weight is 396 g/mol. The Balaban J connectivity index is 1.81. The van der Waals surface area contributed by atoms with Crippen molar-refractivity contribution in [3.8, 4) is 11.5 Å². The molecule has 6 heteroatoms. The lowest BCUT2D eigenvalue weighted by Gasteiger charge is -2.23. The highest BCUT2D eigenvalue weighted by Gasteiger charge is 2.18. The third-order valence-corrected chi connectivity index (χ3v) is 4.88. The molecule has 0 unspecified atom stereocenters. The summed E-state index contributed by atoms with van der Waals surface area (Å²) in [5.41, 5.74) is 2.36. The molecule has 0 radical (unpaired) electrons. The van der Waals surface area contributed by atoms with Crippen molar-refractivity contribution in [3.05, 3.63) is 83.4 Å². The first-order chi connectivity index (χ1) is 14.0. The van der Waals surface area contributed by atoms with Crippen LogP contribution in [0.15, 0.2) is 60.8 Å². The van der Waals surface area contributed by atoms with Gasteiger partial charge in [-0.2, -0.15) is 0 Å². The Bertz CT molecular complexity index is 984. The Morgan fingerprint density at radius 2 is 1.83 bits per heavy atom. The lowest BCUT2D eigenvalue weighted by Crippen LogP contribution is -2.33. The summed E-state index contributed by atoms with van der Waals surface area (Å²) in [5.74, 6) is 0.684. The predicted molar refractivity (Wildman–Crippen MR) is 110 cm³/mol. The average Bonchev–Trinajstić information content (AvgIpc) is 3.14. The van der Waals surface area contributed by atoms with Crippen LogP contribution in [0, 0.1) is 5.82 Å². The minimum atomic E-state index is -0.422. The number of benzene rings is 2. The van der Waals surface area contributed by atoms with Crippen LogP contribution in [0.25, 0.3) is 0 Å². The van der Waals surface area contributed by atoms with Crippen LogP contribution >= 0.6 is 0 Å². The van der Waals surface area contributed by atoms with Crippen LogP contribution in [0.1, 0.15) is 21.6 Å². The van der Waals surface area contributed by atoms with Gasteiger partial charge in [-0.3, -0.25) is 4.79 Å². The van der Waals surface area contributed by atoms with Crippen molar-refractivity contribution in [2.45, 2.75) is 13.0 Å². The molecule has 29 heavy (non-hydrogen) atoms. The summed E-state index contributed by atoms with van der Waals surface area (Å²) in [4.78, 5) is 14.8. The standard InChI is InChI=1S/C23H25FN2O3/c1-25-12-5-8-20(25)16-26(23(27)18-6-4-7-19(24)15-18)13-11-17-9-10-21(28-2)22(14-17)29-3/h4-10,12,14-15H,11,13,16H2,1-3H3. The number of ether oxygens (including phenoxy) is 2. The molecule has 2 aromatic carbocycles. The molecular formula is C23H25FN2O3. The van der Waals surface area contributed by atoms with Crippen molar-refractivity contribution < 1.29 is 18.7 Å². The molecule has 0 bridgehead atoms. The highest BCUT2D eigenvalue weighted by Crippen LogP contribution is 2.28. The number of carbonyl (C=O) groups is 1. The fourth-order valence-corrected chi connectivity index (χ4v) is 3.21. The Morgan fingerprint density at radius 3 is 2.48 bits per heavy atom. The van der Waals surface area contributed by atoms with Crippen molar-refractivity contribution in [2.24, 2.45) is 7.05 Å². The van der Waals surface area contributed by atoms with Crippen molar-refractivity contribution in [1.29, 1.82) is 0 Å². The van der Waals surface area contributed by atoms with Gasteiger partial charge in [-0.1, -0.05) is 12.1 Å². The van der Waals surface area contributed by atoms with Gasteiger partial charge in [0.1, 0.15) is 5.82 Å². The summed E-state index contributed by atoms with van der Waals surface area (Å²) < 4.78 is 26.3. The van der Waals surface area contributed by atoms with E-state index >= 15 is 0 Å². The van der Waals surface area contributed by atoms with E-state index in [1.807, 2.05) is 48.1 Å². The van der Waals surface area contributed by atoms with Crippen LogP contribution < -0.4 is 9.47 Å². The fourth-order valence-electron chi connectivity index (χ4n) is 3.21. The fraction of sp³-hybridized carbons (Fsp3) is 0.261.